The van der Waals surface area contributed by atoms with Crippen molar-refractivity contribution >= 4 is 0 Å². The Labute approximate surface area is 120 Å². The molecule has 1 nitrogen and oxygen atoms in total. The molecular weight excluding hydrogens is 232 g/mol. The first kappa shape index (κ1) is 15.4. The highest BCUT2D eigenvalue weighted by Gasteiger charge is 2.20. The average Bonchev–Trinajstić information content (AvgIpc) is 3.28. The Bertz CT molecular complexity index is 184. The first-order valence-electron chi connectivity index (χ1n) is 9.03. The van der Waals surface area contributed by atoms with E-state index in [4.69, 9.17) is 4.74 Å². The molecule has 0 bridgehead atoms. The van der Waals surface area contributed by atoms with Crippen LogP contribution < -0.4 is 0 Å². The van der Waals surface area contributed by atoms with E-state index >= 15 is 0 Å². The first-order chi connectivity index (χ1) is 9.45. The topological polar surface area (TPSA) is 9.23 Å². The predicted molar refractivity (Wildman–Crippen MR) is 82.4 cm³/mol. The van der Waals surface area contributed by atoms with E-state index in [1.54, 1.807) is 0 Å². The van der Waals surface area contributed by atoms with Gasteiger partial charge >= 0.3 is 0 Å². The summed E-state index contributed by atoms with van der Waals surface area (Å²) in [7, 11) is 0. The predicted octanol–water partition coefficient (Wildman–Crippen LogP) is 5.72. The Balaban J connectivity index is 1.18. The lowest BCUT2D eigenvalue weighted by Crippen LogP contribution is -1.97. The van der Waals surface area contributed by atoms with E-state index in [0.29, 0.717) is 0 Å². The molecule has 0 spiro atoms. The SMILES string of the molecule is C(CCCC1CC1)CCOCCCCCCC1CC1. The fourth-order valence-electron chi connectivity index (χ4n) is 2.90. The fraction of sp³-hybridized carbons (Fsp3) is 1.00. The Morgan fingerprint density at radius 3 is 1.37 bits per heavy atom. The Kier molecular flexibility index (Phi) is 7.92. The molecule has 0 aromatic carbocycles. The van der Waals surface area contributed by atoms with Crippen molar-refractivity contribution in [2.24, 2.45) is 11.8 Å². The molecule has 0 amide bonds. The van der Waals surface area contributed by atoms with Gasteiger partial charge < -0.3 is 4.74 Å². The molecule has 19 heavy (non-hydrogen) atoms. The van der Waals surface area contributed by atoms with Crippen molar-refractivity contribution in [3.8, 4) is 0 Å². The Morgan fingerprint density at radius 2 is 0.947 bits per heavy atom. The molecular formula is C18H34O. The highest BCUT2D eigenvalue weighted by Crippen LogP contribution is 2.34. The minimum absolute atomic E-state index is 1.01. The zero-order chi connectivity index (χ0) is 13.2. The van der Waals surface area contributed by atoms with Crippen molar-refractivity contribution in [1.29, 1.82) is 0 Å². The van der Waals surface area contributed by atoms with Gasteiger partial charge in [-0.05, 0) is 24.7 Å². The quantitative estimate of drug-likeness (QED) is 0.365. The minimum atomic E-state index is 1.01. The molecule has 0 heterocycles. The molecule has 0 aromatic heterocycles. The van der Waals surface area contributed by atoms with Crippen LogP contribution in [0.1, 0.15) is 89.9 Å². The van der Waals surface area contributed by atoms with Gasteiger partial charge in [0.05, 0.1) is 0 Å². The van der Waals surface area contributed by atoms with Crippen LogP contribution in [0.4, 0.5) is 0 Å². The van der Waals surface area contributed by atoms with Crippen LogP contribution in [0.5, 0.6) is 0 Å². The van der Waals surface area contributed by atoms with Gasteiger partial charge in [0, 0.05) is 13.2 Å². The summed E-state index contributed by atoms with van der Waals surface area (Å²) in [5.74, 6) is 2.24. The van der Waals surface area contributed by atoms with Crippen molar-refractivity contribution in [2.75, 3.05) is 13.2 Å². The van der Waals surface area contributed by atoms with Gasteiger partial charge in [0.2, 0.25) is 0 Å². The second kappa shape index (κ2) is 9.80. The fourth-order valence-corrected chi connectivity index (χ4v) is 2.90. The van der Waals surface area contributed by atoms with Crippen LogP contribution in [0.25, 0.3) is 0 Å². The van der Waals surface area contributed by atoms with E-state index < -0.39 is 0 Å². The second-order valence-corrected chi connectivity index (χ2v) is 6.90. The third-order valence-electron chi connectivity index (χ3n) is 4.70. The van der Waals surface area contributed by atoms with Crippen LogP contribution in [0, 0.1) is 11.8 Å². The van der Waals surface area contributed by atoms with Crippen molar-refractivity contribution in [3.63, 3.8) is 0 Å². The van der Waals surface area contributed by atoms with E-state index in [2.05, 4.69) is 0 Å². The standard InChI is InChI=1S/C18H34O/c1(5-9-17-11-12-17)3-7-15-19-16-8-4-2-6-10-18-13-14-18/h17-18H,1-16H2. The largest absolute Gasteiger partial charge is 0.381 e. The van der Waals surface area contributed by atoms with Gasteiger partial charge in [-0.1, -0.05) is 77.0 Å². The van der Waals surface area contributed by atoms with Crippen molar-refractivity contribution in [2.45, 2.75) is 89.9 Å². The third kappa shape index (κ3) is 9.49. The summed E-state index contributed by atoms with van der Waals surface area (Å²) in [6.07, 6.45) is 20.2. The average molecular weight is 266 g/mol. The van der Waals surface area contributed by atoms with Crippen LogP contribution in [0.2, 0.25) is 0 Å². The monoisotopic (exact) mass is 266 g/mol. The maximum Gasteiger partial charge on any atom is 0.0466 e. The van der Waals surface area contributed by atoms with E-state index in [1.807, 2.05) is 0 Å². The molecule has 2 aliphatic carbocycles. The molecule has 0 N–H and O–H groups in total. The normalized spacial score (nSPS) is 18.9. The number of unbranched alkanes of at least 4 members (excludes halogenated alkanes) is 6. The summed E-state index contributed by atoms with van der Waals surface area (Å²) in [6.45, 7) is 2.01. The highest BCUT2D eigenvalue weighted by atomic mass is 16.5. The summed E-state index contributed by atoms with van der Waals surface area (Å²) < 4.78 is 5.71. The van der Waals surface area contributed by atoms with Crippen molar-refractivity contribution in [3.05, 3.63) is 0 Å². The van der Waals surface area contributed by atoms with Crippen LogP contribution >= 0.6 is 0 Å². The van der Waals surface area contributed by atoms with Gasteiger partial charge in [-0.15, -0.1) is 0 Å². The van der Waals surface area contributed by atoms with E-state index in [9.17, 15) is 0 Å². The first-order valence-corrected chi connectivity index (χ1v) is 9.03. The zero-order valence-corrected chi connectivity index (χ0v) is 12.9. The summed E-state index contributed by atoms with van der Waals surface area (Å²) in [4.78, 5) is 0. The van der Waals surface area contributed by atoms with Gasteiger partial charge in [0.15, 0.2) is 0 Å². The van der Waals surface area contributed by atoms with Crippen LogP contribution in [-0.4, -0.2) is 13.2 Å². The van der Waals surface area contributed by atoms with Crippen molar-refractivity contribution < 1.29 is 4.74 Å². The van der Waals surface area contributed by atoms with E-state index in [0.717, 1.165) is 25.0 Å². The highest BCUT2D eigenvalue weighted by molar-refractivity contribution is 4.73. The molecule has 1 heteroatoms. The molecule has 2 rings (SSSR count). The maximum atomic E-state index is 5.71. The van der Waals surface area contributed by atoms with Crippen molar-refractivity contribution in [1.82, 2.24) is 0 Å². The second-order valence-electron chi connectivity index (χ2n) is 6.90. The molecule has 112 valence electrons. The smallest absolute Gasteiger partial charge is 0.0466 e. The molecule has 2 saturated carbocycles. The summed E-state index contributed by atoms with van der Waals surface area (Å²) in [5.41, 5.74) is 0. The molecule has 0 saturated heterocycles. The van der Waals surface area contributed by atoms with Crippen LogP contribution in [0.3, 0.4) is 0 Å². The van der Waals surface area contributed by atoms with Crippen LogP contribution in [-0.2, 0) is 4.74 Å². The summed E-state index contributed by atoms with van der Waals surface area (Å²) in [5, 5.41) is 0. The summed E-state index contributed by atoms with van der Waals surface area (Å²) >= 11 is 0. The molecule has 2 aliphatic rings. The minimum Gasteiger partial charge on any atom is -0.381 e. The van der Waals surface area contributed by atoms with Crippen LogP contribution in [0.15, 0.2) is 0 Å². The van der Waals surface area contributed by atoms with Gasteiger partial charge in [-0.2, -0.15) is 0 Å². The molecule has 0 aromatic rings. The van der Waals surface area contributed by atoms with E-state index in [-0.39, 0.29) is 0 Å². The lowest BCUT2D eigenvalue weighted by molar-refractivity contribution is 0.125. The Morgan fingerprint density at radius 1 is 0.526 bits per heavy atom. The van der Waals surface area contributed by atoms with Gasteiger partial charge in [0.25, 0.3) is 0 Å². The lowest BCUT2D eigenvalue weighted by Gasteiger charge is -2.04. The number of rotatable bonds is 14. The molecule has 0 radical (unpaired) electrons. The lowest BCUT2D eigenvalue weighted by atomic mass is 10.1. The zero-order valence-electron chi connectivity index (χ0n) is 12.9. The van der Waals surface area contributed by atoms with Gasteiger partial charge in [-0.25, -0.2) is 0 Å². The molecule has 0 unspecified atom stereocenters. The van der Waals surface area contributed by atoms with Gasteiger partial charge in [0.1, 0.15) is 0 Å². The third-order valence-corrected chi connectivity index (χ3v) is 4.70. The summed E-state index contributed by atoms with van der Waals surface area (Å²) in [6, 6.07) is 0. The van der Waals surface area contributed by atoms with Gasteiger partial charge in [-0.3, -0.25) is 0 Å². The Hall–Kier alpha value is -0.0400. The van der Waals surface area contributed by atoms with E-state index in [1.165, 1.54) is 89.9 Å². The number of hydrogen-bond donors (Lipinski definition) is 0. The number of hydrogen-bond acceptors (Lipinski definition) is 1. The molecule has 0 atom stereocenters. The number of ether oxygens (including phenoxy) is 1. The molecule has 0 aliphatic heterocycles. The maximum absolute atomic E-state index is 5.71. The molecule has 2 fully saturated rings.